The summed E-state index contributed by atoms with van der Waals surface area (Å²) in [6.45, 7) is 1.95. The Labute approximate surface area is 155 Å². The quantitative estimate of drug-likeness (QED) is 0.557. The molecule has 5 nitrogen and oxygen atoms in total. The van der Waals surface area contributed by atoms with Crippen LogP contribution >= 0.6 is 23.1 Å². The maximum Gasteiger partial charge on any atom is 0.325 e. The van der Waals surface area contributed by atoms with E-state index in [-0.39, 0.29) is 17.7 Å². The number of thiazole rings is 1. The van der Waals surface area contributed by atoms with Gasteiger partial charge in [-0.15, -0.1) is 11.8 Å². The van der Waals surface area contributed by atoms with Crippen LogP contribution in [0.3, 0.4) is 0 Å². The molecule has 1 saturated carbocycles. The minimum Gasteiger partial charge on any atom is -0.307 e. The Kier molecular flexibility index (Phi) is 5.75. The van der Waals surface area contributed by atoms with Crippen LogP contribution in [0.5, 0.6) is 0 Å². The van der Waals surface area contributed by atoms with Crippen molar-refractivity contribution in [3.05, 3.63) is 35.5 Å². The lowest BCUT2D eigenvalue weighted by Crippen LogP contribution is -2.22. The molecule has 3 rings (SSSR count). The summed E-state index contributed by atoms with van der Waals surface area (Å²) in [6, 6.07) is 5.18. The van der Waals surface area contributed by atoms with Gasteiger partial charge in [-0.05, 0) is 38.2 Å². The lowest BCUT2D eigenvalue weighted by molar-refractivity contribution is 0.0923. The Morgan fingerprint density at radius 1 is 1.24 bits per heavy atom. The van der Waals surface area contributed by atoms with Crippen molar-refractivity contribution in [2.75, 3.05) is 16.9 Å². The summed E-state index contributed by atoms with van der Waals surface area (Å²) in [7, 11) is 0. The van der Waals surface area contributed by atoms with Gasteiger partial charge in [0.25, 0.3) is 0 Å². The first-order valence-electron chi connectivity index (χ1n) is 8.29. The molecule has 1 fully saturated rings. The second-order valence-electron chi connectivity index (χ2n) is 6.16. The molecular weight excluding hydrogens is 354 g/mol. The van der Waals surface area contributed by atoms with Gasteiger partial charge in [0.1, 0.15) is 0 Å². The van der Waals surface area contributed by atoms with E-state index in [0.717, 1.165) is 35.5 Å². The number of urea groups is 1. The lowest BCUT2D eigenvalue weighted by atomic mass is 9.94. The standard InChI is InChI=1S/C18H21N3O2S2/c1-11-7-8-14(13(9-11)16(22)12-5-3-4-6-12)20-17(23)21-18-19-10-15(24-2)25-18/h7-10,12H,3-6H2,1-2H3,(H2,19,20,21,23). The van der Waals surface area contributed by atoms with E-state index in [0.29, 0.717) is 16.4 Å². The third-order valence-electron chi connectivity index (χ3n) is 4.32. The van der Waals surface area contributed by atoms with Gasteiger partial charge in [-0.25, -0.2) is 9.78 Å². The molecule has 1 aromatic heterocycles. The van der Waals surface area contributed by atoms with Gasteiger partial charge in [0, 0.05) is 11.5 Å². The highest BCUT2D eigenvalue weighted by Crippen LogP contribution is 2.31. The van der Waals surface area contributed by atoms with Gasteiger partial charge in [0.2, 0.25) is 0 Å². The van der Waals surface area contributed by atoms with Crippen LogP contribution in [0.4, 0.5) is 15.6 Å². The van der Waals surface area contributed by atoms with Crippen molar-refractivity contribution in [2.45, 2.75) is 36.8 Å². The minimum atomic E-state index is -0.383. The Hall–Kier alpha value is -1.86. The van der Waals surface area contributed by atoms with E-state index in [1.165, 1.54) is 11.3 Å². The zero-order valence-electron chi connectivity index (χ0n) is 14.3. The summed E-state index contributed by atoms with van der Waals surface area (Å²) in [6.07, 6.45) is 7.78. The molecule has 0 unspecified atom stereocenters. The van der Waals surface area contributed by atoms with Crippen LogP contribution < -0.4 is 10.6 Å². The van der Waals surface area contributed by atoms with Crippen LogP contribution in [0.1, 0.15) is 41.6 Å². The number of ketones is 1. The molecule has 1 heterocycles. The van der Waals surface area contributed by atoms with Crippen LogP contribution in [-0.4, -0.2) is 23.1 Å². The molecule has 2 aromatic rings. The molecule has 0 atom stereocenters. The third-order valence-corrected chi connectivity index (χ3v) is 6.29. The maximum absolute atomic E-state index is 12.8. The van der Waals surface area contributed by atoms with Crippen LogP contribution in [0.2, 0.25) is 0 Å². The van der Waals surface area contributed by atoms with E-state index in [1.807, 2.05) is 25.3 Å². The number of nitrogens with one attached hydrogen (secondary N) is 2. The maximum atomic E-state index is 12.8. The number of thioether (sulfide) groups is 1. The molecule has 7 heteroatoms. The number of hydrogen-bond acceptors (Lipinski definition) is 5. The fourth-order valence-electron chi connectivity index (χ4n) is 3.04. The molecule has 0 spiro atoms. The fourth-order valence-corrected chi connectivity index (χ4v) is 4.31. The Morgan fingerprint density at radius 3 is 2.68 bits per heavy atom. The van der Waals surface area contributed by atoms with Gasteiger partial charge in [-0.3, -0.25) is 10.1 Å². The second-order valence-corrected chi connectivity index (χ2v) is 8.30. The molecule has 0 bridgehead atoms. The molecule has 1 aliphatic carbocycles. The molecule has 2 N–H and O–H groups in total. The number of carbonyl (C=O) groups is 2. The van der Waals surface area contributed by atoms with Gasteiger partial charge in [-0.1, -0.05) is 35.8 Å². The highest BCUT2D eigenvalue weighted by molar-refractivity contribution is 8.00. The number of nitrogens with zero attached hydrogens (tertiary/aromatic N) is 1. The van der Waals surface area contributed by atoms with E-state index in [4.69, 9.17) is 0 Å². The number of amides is 2. The van der Waals surface area contributed by atoms with Crippen molar-refractivity contribution < 1.29 is 9.59 Å². The largest absolute Gasteiger partial charge is 0.325 e. The predicted octanol–water partition coefficient (Wildman–Crippen LogP) is 5.19. The van der Waals surface area contributed by atoms with Crippen molar-refractivity contribution in [1.29, 1.82) is 0 Å². The van der Waals surface area contributed by atoms with Crippen molar-refractivity contribution >= 4 is 45.7 Å². The van der Waals surface area contributed by atoms with Crippen molar-refractivity contribution in [3.63, 3.8) is 0 Å². The summed E-state index contributed by atoms with van der Waals surface area (Å²) >= 11 is 3.00. The Balaban J connectivity index is 1.74. The molecular formula is C18H21N3O2S2. The first kappa shape index (κ1) is 17.9. The van der Waals surface area contributed by atoms with Gasteiger partial charge < -0.3 is 5.32 Å². The zero-order valence-corrected chi connectivity index (χ0v) is 15.9. The van der Waals surface area contributed by atoms with E-state index >= 15 is 0 Å². The van der Waals surface area contributed by atoms with Crippen molar-refractivity contribution in [1.82, 2.24) is 4.98 Å². The first-order valence-corrected chi connectivity index (χ1v) is 10.3. The highest BCUT2D eigenvalue weighted by atomic mass is 32.2. The average Bonchev–Trinajstić information content (AvgIpc) is 3.27. The number of aromatic nitrogens is 1. The van der Waals surface area contributed by atoms with E-state index in [9.17, 15) is 9.59 Å². The second kappa shape index (κ2) is 8.01. The molecule has 0 saturated heterocycles. The van der Waals surface area contributed by atoms with E-state index in [2.05, 4.69) is 15.6 Å². The molecule has 2 amide bonds. The number of carbonyl (C=O) groups excluding carboxylic acids is 2. The number of benzene rings is 1. The van der Waals surface area contributed by atoms with Gasteiger partial charge in [-0.2, -0.15) is 0 Å². The van der Waals surface area contributed by atoms with E-state index < -0.39 is 0 Å². The zero-order chi connectivity index (χ0) is 17.8. The third kappa shape index (κ3) is 4.41. The summed E-state index contributed by atoms with van der Waals surface area (Å²) in [5.74, 6) is 0.212. The smallest absolute Gasteiger partial charge is 0.307 e. The molecule has 25 heavy (non-hydrogen) atoms. The van der Waals surface area contributed by atoms with Crippen LogP contribution in [0, 0.1) is 12.8 Å². The topological polar surface area (TPSA) is 71.1 Å². The SMILES string of the molecule is CSc1cnc(NC(=O)Nc2ccc(C)cc2C(=O)C2CCCC2)s1. The highest BCUT2D eigenvalue weighted by Gasteiger charge is 2.26. The summed E-state index contributed by atoms with van der Waals surface area (Å²) < 4.78 is 1.03. The summed E-state index contributed by atoms with van der Waals surface area (Å²) in [5, 5.41) is 6.07. The van der Waals surface area contributed by atoms with Gasteiger partial charge in [0.15, 0.2) is 10.9 Å². The van der Waals surface area contributed by atoms with Crippen LogP contribution in [0.25, 0.3) is 0 Å². The van der Waals surface area contributed by atoms with Gasteiger partial charge >= 0.3 is 6.03 Å². The van der Waals surface area contributed by atoms with Crippen LogP contribution in [0.15, 0.2) is 28.6 Å². The lowest BCUT2D eigenvalue weighted by Gasteiger charge is -2.14. The number of Topliss-reactive ketones (excluding diaryl/α,β-unsaturated/α-hetero) is 1. The molecule has 1 aromatic carbocycles. The summed E-state index contributed by atoms with van der Waals surface area (Å²) in [5.41, 5.74) is 2.17. The predicted molar refractivity (Wildman–Crippen MR) is 104 cm³/mol. The normalized spacial score (nSPS) is 14.5. The fraction of sp³-hybridized carbons (Fsp3) is 0.389. The van der Waals surface area contributed by atoms with E-state index in [1.54, 1.807) is 24.0 Å². The molecule has 0 aliphatic heterocycles. The number of rotatable bonds is 5. The number of aryl methyl sites for hydroxylation is 1. The van der Waals surface area contributed by atoms with Crippen molar-refractivity contribution in [2.24, 2.45) is 5.92 Å². The average molecular weight is 376 g/mol. The number of anilines is 2. The molecule has 0 radical (unpaired) electrons. The summed E-state index contributed by atoms with van der Waals surface area (Å²) in [4.78, 5) is 29.3. The monoisotopic (exact) mass is 375 g/mol. The Bertz CT molecular complexity index is 782. The first-order chi connectivity index (χ1) is 12.1. The molecule has 1 aliphatic rings. The Morgan fingerprint density at radius 2 is 2.00 bits per heavy atom. The van der Waals surface area contributed by atoms with Gasteiger partial charge in [0.05, 0.1) is 16.1 Å². The molecule has 132 valence electrons. The minimum absolute atomic E-state index is 0.0773. The van der Waals surface area contributed by atoms with Crippen molar-refractivity contribution in [3.8, 4) is 0 Å². The van der Waals surface area contributed by atoms with Crippen LogP contribution in [-0.2, 0) is 0 Å². The number of hydrogen-bond donors (Lipinski definition) is 2.